The van der Waals surface area contributed by atoms with E-state index in [0.717, 1.165) is 36.5 Å². The summed E-state index contributed by atoms with van der Waals surface area (Å²) in [4.78, 5) is 0. The first-order chi connectivity index (χ1) is 9.83. The van der Waals surface area contributed by atoms with Crippen LogP contribution in [0.5, 0.6) is 0 Å². The van der Waals surface area contributed by atoms with Gasteiger partial charge in [-0.25, -0.2) is 0 Å². The summed E-state index contributed by atoms with van der Waals surface area (Å²) < 4.78 is 12.1. The third-order valence-corrected chi connectivity index (χ3v) is 6.27. The second kappa shape index (κ2) is 9.05. The molecule has 0 aromatic rings. The number of hydrogen-bond donors (Lipinski definition) is 0. The van der Waals surface area contributed by atoms with Crippen LogP contribution >= 0.6 is 0 Å². The van der Waals surface area contributed by atoms with Crippen molar-refractivity contribution in [2.24, 2.45) is 23.7 Å². The van der Waals surface area contributed by atoms with Crippen LogP contribution in [0.2, 0.25) is 0 Å². The van der Waals surface area contributed by atoms with Crippen molar-refractivity contribution >= 4 is 0 Å². The van der Waals surface area contributed by atoms with Crippen LogP contribution in [0.3, 0.4) is 0 Å². The predicted molar refractivity (Wildman–Crippen MR) is 85.6 cm³/mol. The van der Waals surface area contributed by atoms with Crippen molar-refractivity contribution in [3.8, 4) is 0 Å². The number of hydrogen-bond acceptors (Lipinski definition) is 0. The lowest BCUT2D eigenvalue weighted by molar-refractivity contribution is 0.141. The molecule has 118 valence electrons. The van der Waals surface area contributed by atoms with Crippen molar-refractivity contribution in [1.82, 2.24) is 0 Å². The van der Waals surface area contributed by atoms with Crippen molar-refractivity contribution in [2.45, 2.75) is 90.4 Å². The molecule has 2 fully saturated rings. The summed E-state index contributed by atoms with van der Waals surface area (Å²) >= 11 is 0. The fourth-order valence-corrected chi connectivity index (χ4v) is 4.72. The smallest absolute Gasteiger partial charge is 0.0894 e. The number of alkyl halides is 1. The minimum atomic E-state index is -0.118. The second-order valence-electron chi connectivity index (χ2n) is 7.51. The maximum Gasteiger partial charge on any atom is 0.0894 e. The molecule has 0 saturated heterocycles. The molecule has 2 aliphatic rings. The molecule has 0 aliphatic heterocycles. The molecule has 1 heteroatoms. The van der Waals surface area contributed by atoms with Crippen LogP contribution < -0.4 is 0 Å². The largest absolute Gasteiger partial charge is 0.251 e. The standard InChI is InChI=1S/C19H35F/c1-2-16-7-11-18(12-8-16)19-13-9-17(10-14-19)6-4-3-5-15-20/h16-19H,2-15H2,1H3. The third-order valence-electron chi connectivity index (χ3n) is 6.27. The van der Waals surface area contributed by atoms with Crippen LogP contribution in [0.25, 0.3) is 0 Å². The summed E-state index contributed by atoms with van der Waals surface area (Å²) in [6, 6.07) is 0. The van der Waals surface area contributed by atoms with Gasteiger partial charge in [-0.3, -0.25) is 4.39 Å². The average molecular weight is 282 g/mol. The van der Waals surface area contributed by atoms with Crippen LogP contribution in [-0.4, -0.2) is 6.67 Å². The minimum absolute atomic E-state index is 0.118. The molecule has 2 saturated carbocycles. The van der Waals surface area contributed by atoms with Crippen molar-refractivity contribution in [2.75, 3.05) is 6.67 Å². The van der Waals surface area contributed by atoms with Gasteiger partial charge in [0.25, 0.3) is 0 Å². The van der Waals surface area contributed by atoms with Gasteiger partial charge in [0.15, 0.2) is 0 Å². The summed E-state index contributed by atoms with van der Waals surface area (Å²) in [5, 5.41) is 0. The van der Waals surface area contributed by atoms with Gasteiger partial charge in [0.2, 0.25) is 0 Å². The summed E-state index contributed by atoms with van der Waals surface area (Å²) in [5.74, 6) is 4.12. The third kappa shape index (κ3) is 5.04. The lowest BCUT2D eigenvalue weighted by Gasteiger charge is -2.37. The van der Waals surface area contributed by atoms with Crippen molar-refractivity contribution in [1.29, 1.82) is 0 Å². The Balaban J connectivity index is 1.59. The molecule has 0 unspecified atom stereocenters. The Kier molecular flexibility index (Phi) is 7.38. The van der Waals surface area contributed by atoms with Gasteiger partial charge in [0, 0.05) is 0 Å². The van der Waals surface area contributed by atoms with E-state index in [2.05, 4.69) is 6.92 Å². The summed E-state index contributed by atoms with van der Waals surface area (Å²) in [7, 11) is 0. The Morgan fingerprint density at radius 3 is 1.75 bits per heavy atom. The zero-order valence-electron chi connectivity index (χ0n) is 13.6. The molecule has 0 bridgehead atoms. The number of rotatable bonds is 7. The van der Waals surface area contributed by atoms with E-state index in [1.807, 2.05) is 0 Å². The fraction of sp³-hybridized carbons (Fsp3) is 1.00. The Morgan fingerprint density at radius 1 is 0.700 bits per heavy atom. The molecular weight excluding hydrogens is 247 g/mol. The molecule has 0 spiro atoms. The quantitative estimate of drug-likeness (QED) is 0.465. The highest BCUT2D eigenvalue weighted by Gasteiger charge is 2.30. The van der Waals surface area contributed by atoms with Crippen molar-refractivity contribution < 1.29 is 4.39 Å². The van der Waals surface area contributed by atoms with Gasteiger partial charge in [0.05, 0.1) is 6.67 Å². The number of unbranched alkanes of at least 4 members (excludes halogenated alkanes) is 2. The van der Waals surface area contributed by atoms with E-state index in [-0.39, 0.29) is 6.67 Å². The van der Waals surface area contributed by atoms with E-state index in [1.54, 1.807) is 0 Å². The van der Waals surface area contributed by atoms with Gasteiger partial charge in [-0.2, -0.15) is 0 Å². The molecule has 0 aromatic carbocycles. The summed E-state index contributed by atoms with van der Waals surface area (Å²) in [5.41, 5.74) is 0. The van der Waals surface area contributed by atoms with E-state index in [0.29, 0.717) is 0 Å². The van der Waals surface area contributed by atoms with Gasteiger partial charge in [-0.15, -0.1) is 0 Å². The zero-order valence-corrected chi connectivity index (χ0v) is 13.6. The van der Waals surface area contributed by atoms with E-state index >= 15 is 0 Å². The molecule has 0 N–H and O–H groups in total. The molecule has 20 heavy (non-hydrogen) atoms. The Labute approximate surface area is 125 Å². The summed E-state index contributed by atoms with van der Waals surface area (Å²) in [6.45, 7) is 2.24. The maximum atomic E-state index is 12.1. The van der Waals surface area contributed by atoms with E-state index in [1.165, 1.54) is 70.6 Å². The van der Waals surface area contributed by atoms with Crippen LogP contribution in [-0.2, 0) is 0 Å². The maximum absolute atomic E-state index is 12.1. The molecule has 0 amide bonds. The Hall–Kier alpha value is -0.0700. The molecule has 2 aliphatic carbocycles. The van der Waals surface area contributed by atoms with E-state index in [9.17, 15) is 4.39 Å². The molecule has 0 aromatic heterocycles. The van der Waals surface area contributed by atoms with Gasteiger partial charge in [-0.05, 0) is 55.8 Å². The van der Waals surface area contributed by atoms with E-state index < -0.39 is 0 Å². The van der Waals surface area contributed by atoms with Gasteiger partial charge < -0.3 is 0 Å². The SMILES string of the molecule is CCC1CCC(C2CCC(CCCCCF)CC2)CC1. The molecule has 0 radical (unpaired) electrons. The van der Waals surface area contributed by atoms with E-state index in [4.69, 9.17) is 0 Å². The van der Waals surface area contributed by atoms with Crippen molar-refractivity contribution in [3.05, 3.63) is 0 Å². The topological polar surface area (TPSA) is 0 Å². The van der Waals surface area contributed by atoms with Crippen LogP contribution in [0.15, 0.2) is 0 Å². The molecule has 0 nitrogen and oxygen atoms in total. The monoisotopic (exact) mass is 282 g/mol. The molecular formula is C19H35F. The highest BCUT2D eigenvalue weighted by Crippen LogP contribution is 2.42. The lowest BCUT2D eigenvalue weighted by Crippen LogP contribution is -2.25. The first kappa shape index (κ1) is 16.3. The molecule has 0 heterocycles. The zero-order chi connectivity index (χ0) is 14.2. The molecule has 0 atom stereocenters. The van der Waals surface area contributed by atoms with Gasteiger partial charge in [-0.1, -0.05) is 58.3 Å². The number of halogens is 1. The fourth-order valence-electron chi connectivity index (χ4n) is 4.72. The van der Waals surface area contributed by atoms with Crippen LogP contribution in [0.4, 0.5) is 4.39 Å². The van der Waals surface area contributed by atoms with Gasteiger partial charge >= 0.3 is 0 Å². The minimum Gasteiger partial charge on any atom is -0.251 e. The highest BCUT2D eigenvalue weighted by atomic mass is 19.1. The van der Waals surface area contributed by atoms with Crippen LogP contribution in [0.1, 0.15) is 90.4 Å². The Bertz CT molecular complexity index is 234. The predicted octanol–water partition coefficient (Wildman–Crippen LogP) is 6.54. The normalized spacial score (nSPS) is 35.1. The first-order valence-corrected chi connectivity index (χ1v) is 9.39. The first-order valence-electron chi connectivity index (χ1n) is 9.39. The average Bonchev–Trinajstić information content (AvgIpc) is 2.52. The Morgan fingerprint density at radius 2 is 1.25 bits per heavy atom. The highest BCUT2D eigenvalue weighted by molar-refractivity contribution is 4.81. The van der Waals surface area contributed by atoms with Crippen molar-refractivity contribution in [3.63, 3.8) is 0 Å². The summed E-state index contributed by atoms with van der Waals surface area (Å²) in [6.07, 6.45) is 17.9. The molecule has 2 rings (SSSR count). The second-order valence-corrected chi connectivity index (χ2v) is 7.51. The lowest BCUT2D eigenvalue weighted by atomic mass is 9.68. The van der Waals surface area contributed by atoms with Gasteiger partial charge in [0.1, 0.15) is 0 Å². The van der Waals surface area contributed by atoms with Crippen LogP contribution in [0, 0.1) is 23.7 Å².